The Morgan fingerprint density at radius 3 is 3.00 bits per heavy atom. The van der Waals surface area contributed by atoms with E-state index in [4.69, 9.17) is 5.41 Å². The van der Waals surface area contributed by atoms with Gasteiger partial charge in [0.25, 0.3) is 0 Å². The molecule has 0 radical (unpaired) electrons. The molecule has 68 valence electrons. The van der Waals surface area contributed by atoms with Crippen molar-refractivity contribution in [1.29, 1.82) is 5.41 Å². The molecule has 0 saturated heterocycles. The van der Waals surface area contributed by atoms with Gasteiger partial charge in [0, 0.05) is 7.05 Å². The Bertz CT molecular complexity index is 497. The number of nitrogens with zero attached hydrogens (tertiary/aromatic N) is 3. The van der Waals surface area contributed by atoms with Gasteiger partial charge in [-0.25, -0.2) is 9.97 Å². The molecule has 0 amide bonds. The first-order valence-electron chi connectivity index (χ1n) is 3.72. The summed E-state index contributed by atoms with van der Waals surface area (Å²) >= 11 is 1.52. The monoisotopic (exact) mass is 195 g/mol. The minimum Gasteiger partial charge on any atom is -0.329 e. The SMILES string of the molecule is CSc1nc2c([nH]1)c(=N)ncn2C. The molecule has 2 aromatic heterocycles. The summed E-state index contributed by atoms with van der Waals surface area (Å²) in [6.45, 7) is 0. The zero-order valence-corrected chi connectivity index (χ0v) is 8.14. The Hall–Kier alpha value is -1.30. The summed E-state index contributed by atoms with van der Waals surface area (Å²) in [5.74, 6) is 0. The summed E-state index contributed by atoms with van der Waals surface area (Å²) in [4.78, 5) is 11.2. The highest BCUT2D eigenvalue weighted by molar-refractivity contribution is 7.98. The lowest BCUT2D eigenvalue weighted by molar-refractivity contribution is 0.873. The van der Waals surface area contributed by atoms with Crippen molar-refractivity contribution in [2.75, 3.05) is 6.26 Å². The van der Waals surface area contributed by atoms with E-state index >= 15 is 0 Å². The molecule has 0 saturated carbocycles. The van der Waals surface area contributed by atoms with Crippen molar-refractivity contribution < 1.29 is 0 Å². The van der Waals surface area contributed by atoms with Crippen molar-refractivity contribution in [3.8, 4) is 0 Å². The molecular weight excluding hydrogens is 186 g/mol. The van der Waals surface area contributed by atoms with E-state index in [9.17, 15) is 0 Å². The van der Waals surface area contributed by atoms with Crippen LogP contribution in [0.25, 0.3) is 11.2 Å². The van der Waals surface area contributed by atoms with Crippen LogP contribution in [0.2, 0.25) is 0 Å². The second-order valence-corrected chi connectivity index (χ2v) is 3.44. The highest BCUT2D eigenvalue weighted by Crippen LogP contribution is 2.12. The van der Waals surface area contributed by atoms with E-state index in [0.717, 1.165) is 10.8 Å². The fourth-order valence-corrected chi connectivity index (χ4v) is 1.51. The Balaban J connectivity index is 2.88. The van der Waals surface area contributed by atoms with E-state index in [-0.39, 0.29) is 5.49 Å². The number of rotatable bonds is 1. The molecule has 5 nitrogen and oxygen atoms in total. The van der Waals surface area contributed by atoms with Crippen LogP contribution < -0.4 is 5.49 Å². The number of thioether (sulfide) groups is 1. The number of aryl methyl sites for hydroxylation is 1. The maximum Gasteiger partial charge on any atom is 0.173 e. The number of fused-ring (bicyclic) bond motifs is 1. The number of hydrogen-bond donors (Lipinski definition) is 2. The Labute approximate surface area is 78.7 Å². The standard InChI is InChI=1S/C7H9N5S/c1-12-3-9-5(8)4-6(12)11-7(10-4)13-2/h3,8H,1-2H3,(H,10,11). The lowest BCUT2D eigenvalue weighted by atomic mass is 10.5. The predicted molar refractivity (Wildman–Crippen MR) is 50.5 cm³/mol. The van der Waals surface area contributed by atoms with Gasteiger partial charge in [-0.3, -0.25) is 5.41 Å². The third-order valence-electron chi connectivity index (χ3n) is 1.79. The minimum atomic E-state index is 0.237. The van der Waals surface area contributed by atoms with Crippen LogP contribution in [0.5, 0.6) is 0 Å². The zero-order chi connectivity index (χ0) is 9.42. The molecule has 6 heteroatoms. The van der Waals surface area contributed by atoms with Gasteiger partial charge in [0.1, 0.15) is 5.52 Å². The molecule has 0 aromatic carbocycles. The summed E-state index contributed by atoms with van der Waals surface area (Å²) < 4.78 is 1.80. The van der Waals surface area contributed by atoms with E-state index < -0.39 is 0 Å². The summed E-state index contributed by atoms with van der Waals surface area (Å²) in [5, 5.41) is 8.36. The lowest BCUT2D eigenvalue weighted by Gasteiger charge is -1.95. The zero-order valence-electron chi connectivity index (χ0n) is 7.33. The first-order valence-corrected chi connectivity index (χ1v) is 4.95. The average Bonchev–Trinajstić information content (AvgIpc) is 2.56. The molecule has 0 atom stereocenters. The maximum atomic E-state index is 7.54. The molecule has 13 heavy (non-hydrogen) atoms. The van der Waals surface area contributed by atoms with Crippen molar-refractivity contribution in [2.45, 2.75) is 5.16 Å². The third kappa shape index (κ3) is 1.23. The Kier molecular flexibility index (Phi) is 1.84. The smallest absolute Gasteiger partial charge is 0.173 e. The molecule has 2 heterocycles. The van der Waals surface area contributed by atoms with E-state index in [2.05, 4.69) is 15.0 Å². The summed E-state index contributed by atoms with van der Waals surface area (Å²) in [6.07, 6.45) is 3.53. The second-order valence-electron chi connectivity index (χ2n) is 2.65. The molecule has 0 aliphatic carbocycles. The number of aromatic nitrogens is 4. The maximum absolute atomic E-state index is 7.54. The van der Waals surface area contributed by atoms with Crippen LogP contribution in [0.4, 0.5) is 0 Å². The fourth-order valence-electron chi connectivity index (χ4n) is 1.12. The van der Waals surface area contributed by atoms with Crippen molar-refractivity contribution in [1.82, 2.24) is 19.5 Å². The third-order valence-corrected chi connectivity index (χ3v) is 2.37. The highest BCUT2D eigenvalue weighted by Gasteiger charge is 2.05. The van der Waals surface area contributed by atoms with E-state index in [0.29, 0.717) is 5.52 Å². The molecule has 2 rings (SSSR count). The molecule has 0 unspecified atom stereocenters. The molecule has 0 fully saturated rings. The molecule has 0 aliphatic rings. The number of imidazole rings is 1. The number of H-pyrrole nitrogens is 1. The predicted octanol–water partition coefficient (Wildman–Crippen LogP) is 0.498. The summed E-state index contributed by atoms with van der Waals surface area (Å²) in [5.41, 5.74) is 1.69. The topological polar surface area (TPSA) is 70.3 Å². The van der Waals surface area contributed by atoms with E-state index in [1.165, 1.54) is 11.8 Å². The van der Waals surface area contributed by atoms with Gasteiger partial charge in [-0.2, -0.15) is 0 Å². The van der Waals surface area contributed by atoms with E-state index in [1.54, 1.807) is 10.9 Å². The second kappa shape index (κ2) is 2.88. The van der Waals surface area contributed by atoms with Crippen LogP contribution in [0.1, 0.15) is 0 Å². The normalized spacial score (nSPS) is 10.9. The van der Waals surface area contributed by atoms with Crippen LogP contribution >= 0.6 is 11.8 Å². The molecular formula is C7H9N5S. The average molecular weight is 195 g/mol. The van der Waals surface area contributed by atoms with Crippen molar-refractivity contribution >= 4 is 22.9 Å². The minimum absolute atomic E-state index is 0.237. The number of aromatic amines is 1. The van der Waals surface area contributed by atoms with Crippen molar-refractivity contribution in [3.63, 3.8) is 0 Å². The number of nitrogens with one attached hydrogen (secondary N) is 2. The molecule has 0 spiro atoms. The van der Waals surface area contributed by atoms with Crippen LogP contribution in [0.3, 0.4) is 0 Å². The fraction of sp³-hybridized carbons (Fsp3) is 0.286. The van der Waals surface area contributed by atoms with Crippen molar-refractivity contribution in [2.24, 2.45) is 7.05 Å². The van der Waals surface area contributed by atoms with Gasteiger partial charge in [-0.15, -0.1) is 0 Å². The van der Waals surface area contributed by atoms with Gasteiger partial charge in [-0.05, 0) is 6.26 Å². The van der Waals surface area contributed by atoms with Gasteiger partial charge in [-0.1, -0.05) is 11.8 Å². The van der Waals surface area contributed by atoms with Gasteiger partial charge < -0.3 is 9.55 Å². The number of hydrogen-bond acceptors (Lipinski definition) is 4. The summed E-state index contributed by atoms with van der Waals surface area (Å²) in [6, 6.07) is 0. The van der Waals surface area contributed by atoms with Crippen LogP contribution in [0.15, 0.2) is 11.5 Å². The molecule has 2 aromatic rings. The Morgan fingerprint density at radius 2 is 2.38 bits per heavy atom. The van der Waals surface area contributed by atoms with Gasteiger partial charge in [0.05, 0.1) is 6.33 Å². The van der Waals surface area contributed by atoms with Crippen LogP contribution in [0, 0.1) is 5.41 Å². The first kappa shape index (κ1) is 8.31. The van der Waals surface area contributed by atoms with E-state index in [1.807, 2.05) is 13.3 Å². The van der Waals surface area contributed by atoms with Gasteiger partial charge in [0.15, 0.2) is 16.3 Å². The quantitative estimate of drug-likeness (QED) is 0.651. The molecule has 2 N–H and O–H groups in total. The lowest BCUT2D eigenvalue weighted by Crippen LogP contribution is -2.10. The summed E-state index contributed by atoms with van der Waals surface area (Å²) in [7, 11) is 1.86. The van der Waals surface area contributed by atoms with Crippen molar-refractivity contribution in [3.05, 3.63) is 11.8 Å². The molecule has 0 bridgehead atoms. The van der Waals surface area contributed by atoms with Crippen LogP contribution in [-0.2, 0) is 7.05 Å². The largest absolute Gasteiger partial charge is 0.329 e. The van der Waals surface area contributed by atoms with Gasteiger partial charge in [0.2, 0.25) is 0 Å². The van der Waals surface area contributed by atoms with Crippen LogP contribution in [-0.4, -0.2) is 25.8 Å². The first-order chi connectivity index (χ1) is 6.22. The highest BCUT2D eigenvalue weighted by atomic mass is 32.2. The Morgan fingerprint density at radius 1 is 1.62 bits per heavy atom. The molecule has 0 aliphatic heterocycles. The van der Waals surface area contributed by atoms with Gasteiger partial charge >= 0.3 is 0 Å².